The molecule has 0 atom stereocenters. The summed E-state index contributed by atoms with van der Waals surface area (Å²) in [5, 5.41) is 4.23. The number of rotatable bonds is 4. The average Bonchev–Trinajstić information content (AvgIpc) is 3.76. The summed E-state index contributed by atoms with van der Waals surface area (Å²) in [6.45, 7) is 6.49. The number of hydrogen-bond acceptors (Lipinski definition) is 5. The van der Waals surface area contributed by atoms with Gasteiger partial charge in [-0.3, -0.25) is 4.57 Å². The largest absolute Gasteiger partial charge is 0.457 e. The first-order valence-corrected chi connectivity index (χ1v) is 16.2. The molecule has 0 bridgehead atoms. The van der Waals surface area contributed by atoms with Crippen molar-refractivity contribution in [1.82, 2.24) is 9.55 Å². The maximum absolute atomic E-state index is 8.20. The van der Waals surface area contributed by atoms with Crippen LogP contribution < -0.4 is 14.5 Å². The summed E-state index contributed by atoms with van der Waals surface area (Å²) in [6.07, 6.45) is 1.90. The number of aromatic nitrogens is 2. The van der Waals surface area contributed by atoms with E-state index in [1.54, 1.807) is 0 Å². The Bertz CT molecular complexity index is 2670. The Morgan fingerprint density at radius 1 is 0.729 bits per heavy atom. The van der Waals surface area contributed by atoms with E-state index in [1.807, 2.05) is 59.6 Å². The SMILES string of the molecule is [2H]C([2H])([2H])N1CN(c2cc(Oc3ccc4c5ccccc5n(-c5cc6oc7cc(C)ccc7c6cn5)c4c3)cc(C(C)(C)C)c2)c2ccccc21. The Morgan fingerprint density at radius 3 is 2.35 bits per heavy atom. The van der Waals surface area contributed by atoms with Gasteiger partial charge in [0.25, 0.3) is 0 Å². The zero-order valence-corrected chi connectivity index (χ0v) is 27.3. The quantitative estimate of drug-likeness (QED) is 0.193. The zero-order valence-electron chi connectivity index (χ0n) is 30.3. The van der Waals surface area contributed by atoms with Crippen LogP contribution in [-0.2, 0) is 5.41 Å². The first-order valence-electron chi connectivity index (χ1n) is 17.7. The highest BCUT2D eigenvalue weighted by atomic mass is 16.5. The van der Waals surface area contributed by atoms with Gasteiger partial charge in [0.2, 0.25) is 0 Å². The summed E-state index contributed by atoms with van der Waals surface area (Å²) < 4.78 is 39.8. The topological polar surface area (TPSA) is 46.7 Å². The van der Waals surface area contributed by atoms with Crippen LogP contribution in [0.5, 0.6) is 11.5 Å². The number of pyridine rings is 1. The molecule has 0 aliphatic carbocycles. The molecule has 48 heavy (non-hydrogen) atoms. The molecular weight excluding hydrogens is 592 g/mol. The fourth-order valence-corrected chi connectivity index (χ4v) is 6.95. The number of ether oxygens (including phenoxy) is 1. The second-order valence-electron chi connectivity index (χ2n) is 13.7. The van der Waals surface area contributed by atoms with E-state index in [4.69, 9.17) is 18.3 Å². The third-order valence-corrected chi connectivity index (χ3v) is 9.42. The van der Waals surface area contributed by atoms with Crippen LogP contribution in [-0.4, -0.2) is 23.2 Å². The Morgan fingerprint density at radius 2 is 1.50 bits per heavy atom. The predicted octanol–water partition coefficient (Wildman–Crippen LogP) is 11.0. The second-order valence-corrected chi connectivity index (χ2v) is 13.7. The van der Waals surface area contributed by atoms with E-state index >= 15 is 0 Å². The van der Waals surface area contributed by atoms with Crippen molar-refractivity contribution in [3.05, 3.63) is 127 Å². The first kappa shape index (κ1) is 25.4. The maximum Gasteiger partial charge on any atom is 0.141 e. The Kier molecular flexibility index (Phi) is 5.48. The van der Waals surface area contributed by atoms with Gasteiger partial charge in [0.15, 0.2) is 0 Å². The van der Waals surface area contributed by atoms with Crippen LogP contribution >= 0.6 is 0 Å². The van der Waals surface area contributed by atoms with Crippen LogP contribution in [0.15, 0.2) is 120 Å². The molecule has 6 heteroatoms. The molecule has 0 radical (unpaired) electrons. The summed E-state index contributed by atoms with van der Waals surface area (Å²) in [6, 6.07) is 36.6. The minimum Gasteiger partial charge on any atom is -0.457 e. The van der Waals surface area contributed by atoms with Gasteiger partial charge in [-0.15, -0.1) is 0 Å². The third-order valence-electron chi connectivity index (χ3n) is 9.42. The highest BCUT2D eigenvalue weighted by Gasteiger charge is 2.26. The molecule has 0 saturated heterocycles. The fourth-order valence-electron chi connectivity index (χ4n) is 6.95. The number of para-hydroxylation sites is 3. The molecule has 4 heterocycles. The summed E-state index contributed by atoms with van der Waals surface area (Å²) in [4.78, 5) is 8.47. The first-order chi connectivity index (χ1) is 24.4. The molecule has 0 amide bonds. The van der Waals surface area contributed by atoms with E-state index in [0.29, 0.717) is 17.2 Å². The minimum absolute atomic E-state index is 0.187. The summed E-state index contributed by atoms with van der Waals surface area (Å²) in [5.41, 5.74) is 8.06. The van der Waals surface area contributed by atoms with Crippen molar-refractivity contribution in [3.63, 3.8) is 0 Å². The molecule has 1 aliphatic rings. The molecular formula is C42H36N4O2. The van der Waals surface area contributed by atoms with Crippen LogP contribution in [0.1, 0.15) is 36.0 Å². The van der Waals surface area contributed by atoms with E-state index in [1.165, 1.54) is 4.90 Å². The van der Waals surface area contributed by atoms with Crippen molar-refractivity contribution < 1.29 is 13.3 Å². The van der Waals surface area contributed by atoms with Crippen molar-refractivity contribution in [2.75, 3.05) is 23.4 Å². The fraction of sp³-hybridized carbons (Fsp3) is 0.167. The normalized spacial score (nSPS) is 14.5. The van der Waals surface area contributed by atoms with Crippen molar-refractivity contribution in [2.24, 2.45) is 0 Å². The lowest BCUT2D eigenvalue weighted by molar-refractivity contribution is 0.479. The molecule has 0 unspecified atom stereocenters. The standard InChI is InChI=1S/C42H36N4O2/c1-26-14-16-33-34-24-43-41(23-40(34)48-39(33)18-26)46-35-11-7-6-10-31(35)32-17-15-29(22-38(32)46)47-30-20-27(42(2,3)4)19-28(21-30)45-25-44(5)36-12-8-9-13-37(36)45/h6-24H,25H2,1-5H3/i5D3. The van der Waals surface area contributed by atoms with Gasteiger partial charge in [-0.1, -0.05) is 63.2 Å². The summed E-state index contributed by atoms with van der Waals surface area (Å²) in [7, 11) is 0. The molecule has 5 aromatic carbocycles. The van der Waals surface area contributed by atoms with Crippen LogP contribution in [0, 0.1) is 6.92 Å². The molecule has 0 N–H and O–H groups in total. The van der Waals surface area contributed by atoms with Crippen molar-refractivity contribution in [2.45, 2.75) is 33.1 Å². The smallest absolute Gasteiger partial charge is 0.141 e. The van der Waals surface area contributed by atoms with Crippen molar-refractivity contribution in [1.29, 1.82) is 0 Å². The van der Waals surface area contributed by atoms with Gasteiger partial charge in [0.1, 0.15) is 28.5 Å². The molecule has 9 rings (SSSR count). The monoisotopic (exact) mass is 631 g/mol. The lowest BCUT2D eigenvalue weighted by Gasteiger charge is -2.25. The van der Waals surface area contributed by atoms with Gasteiger partial charge >= 0.3 is 0 Å². The third kappa shape index (κ3) is 4.51. The highest BCUT2D eigenvalue weighted by Crippen LogP contribution is 2.43. The highest BCUT2D eigenvalue weighted by molar-refractivity contribution is 6.10. The molecule has 0 fully saturated rings. The van der Waals surface area contributed by atoms with Gasteiger partial charge in [-0.05, 0) is 72.0 Å². The average molecular weight is 632 g/mol. The Hall–Kier alpha value is -5.75. The number of nitrogens with zero attached hydrogens (tertiary/aromatic N) is 4. The van der Waals surface area contributed by atoms with Gasteiger partial charge in [-0.2, -0.15) is 0 Å². The number of aryl methyl sites for hydroxylation is 1. The van der Waals surface area contributed by atoms with Crippen LogP contribution in [0.3, 0.4) is 0 Å². The van der Waals surface area contributed by atoms with Crippen molar-refractivity contribution >= 4 is 60.8 Å². The number of furan rings is 1. The van der Waals surface area contributed by atoms with E-state index in [-0.39, 0.29) is 12.1 Å². The number of fused-ring (bicyclic) bond motifs is 7. The molecule has 1 aliphatic heterocycles. The van der Waals surface area contributed by atoms with E-state index in [0.717, 1.165) is 72.1 Å². The minimum atomic E-state index is -2.28. The van der Waals surface area contributed by atoms with Crippen LogP contribution in [0.4, 0.5) is 17.1 Å². The lowest BCUT2D eigenvalue weighted by Crippen LogP contribution is -2.24. The Labute approximate surface area is 283 Å². The molecule has 236 valence electrons. The molecule has 8 aromatic rings. The molecule has 3 aromatic heterocycles. The number of anilines is 3. The second kappa shape index (κ2) is 10.4. The van der Waals surface area contributed by atoms with Crippen molar-refractivity contribution in [3.8, 4) is 17.3 Å². The van der Waals surface area contributed by atoms with Gasteiger partial charge < -0.3 is 19.0 Å². The van der Waals surface area contributed by atoms with E-state index in [9.17, 15) is 0 Å². The van der Waals surface area contributed by atoms with Crippen LogP contribution in [0.25, 0.3) is 49.6 Å². The van der Waals surface area contributed by atoms with E-state index in [2.05, 4.69) is 92.9 Å². The maximum atomic E-state index is 8.20. The number of benzene rings is 5. The number of hydrogen-bond donors (Lipinski definition) is 0. The van der Waals surface area contributed by atoms with Gasteiger partial charge in [-0.25, -0.2) is 4.98 Å². The molecule has 0 spiro atoms. The van der Waals surface area contributed by atoms with Gasteiger partial charge in [0.05, 0.1) is 29.1 Å². The summed E-state index contributed by atoms with van der Waals surface area (Å²) in [5.74, 6) is 2.10. The van der Waals surface area contributed by atoms with Gasteiger partial charge in [0, 0.05) is 62.7 Å². The predicted molar refractivity (Wildman–Crippen MR) is 198 cm³/mol. The Balaban J connectivity index is 1.16. The molecule has 6 nitrogen and oxygen atoms in total. The van der Waals surface area contributed by atoms with E-state index < -0.39 is 6.98 Å². The summed E-state index contributed by atoms with van der Waals surface area (Å²) >= 11 is 0. The van der Waals surface area contributed by atoms with Crippen LogP contribution in [0.2, 0.25) is 0 Å². The zero-order chi connectivity index (χ0) is 35.2. The molecule has 0 saturated carbocycles. The lowest BCUT2D eigenvalue weighted by atomic mass is 9.86.